The van der Waals surface area contributed by atoms with Crippen molar-refractivity contribution in [3.8, 4) is 0 Å². The normalized spacial score (nSPS) is 10.0. The van der Waals surface area contributed by atoms with Gasteiger partial charge in [-0.2, -0.15) is 0 Å². The minimum absolute atomic E-state index is 0.180. The van der Waals surface area contributed by atoms with Crippen molar-refractivity contribution in [2.75, 3.05) is 5.33 Å². The molecule has 11 heavy (non-hydrogen) atoms. The molecular formula is C8H10BrFN+. The Balaban J connectivity index is 2.52. The molecule has 0 saturated carbocycles. The molecule has 1 aromatic rings. The maximum absolute atomic E-state index is 12.4. The van der Waals surface area contributed by atoms with Crippen LogP contribution in [-0.2, 0) is 6.54 Å². The van der Waals surface area contributed by atoms with E-state index in [-0.39, 0.29) is 5.82 Å². The van der Waals surface area contributed by atoms with Crippen molar-refractivity contribution in [1.29, 1.82) is 0 Å². The van der Waals surface area contributed by atoms with E-state index in [1.807, 2.05) is 4.57 Å². The maximum Gasteiger partial charge on any atom is 0.171 e. The molecule has 1 rings (SSSR count). The third kappa shape index (κ3) is 2.97. The predicted molar refractivity (Wildman–Crippen MR) is 45.0 cm³/mol. The molecule has 0 bridgehead atoms. The van der Waals surface area contributed by atoms with Gasteiger partial charge in [0.15, 0.2) is 12.4 Å². The fourth-order valence-electron chi connectivity index (χ4n) is 0.831. The van der Waals surface area contributed by atoms with Gasteiger partial charge in [-0.3, -0.25) is 0 Å². The maximum atomic E-state index is 12.4. The number of hydrogen-bond donors (Lipinski definition) is 0. The highest BCUT2D eigenvalue weighted by atomic mass is 79.9. The van der Waals surface area contributed by atoms with Gasteiger partial charge in [0.05, 0.1) is 0 Å². The summed E-state index contributed by atoms with van der Waals surface area (Å²) in [6.45, 7) is 0.936. The first-order chi connectivity index (χ1) is 5.33. The second-order valence-corrected chi connectivity index (χ2v) is 3.09. The van der Waals surface area contributed by atoms with Gasteiger partial charge in [-0.1, -0.05) is 15.9 Å². The lowest BCUT2D eigenvalue weighted by Crippen LogP contribution is -2.32. The minimum Gasteiger partial charge on any atom is -0.207 e. The largest absolute Gasteiger partial charge is 0.207 e. The number of halogens is 2. The van der Waals surface area contributed by atoms with Crippen molar-refractivity contribution in [3.63, 3.8) is 0 Å². The van der Waals surface area contributed by atoms with Crippen LogP contribution >= 0.6 is 15.9 Å². The van der Waals surface area contributed by atoms with Gasteiger partial charge in [-0.05, 0) is 0 Å². The number of aryl methyl sites for hydroxylation is 1. The Labute approximate surface area is 74.0 Å². The average Bonchev–Trinajstić information content (AvgIpc) is 2.04. The van der Waals surface area contributed by atoms with Gasteiger partial charge in [-0.15, -0.1) is 0 Å². The van der Waals surface area contributed by atoms with Crippen LogP contribution in [0.5, 0.6) is 0 Å². The molecule has 0 aliphatic carbocycles. The van der Waals surface area contributed by atoms with E-state index in [1.165, 1.54) is 12.1 Å². The van der Waals surface area contributed by atoms with Gasteiger partial charge in [0.25, 0.3) is 0 Å². The Morgan fingerprint density at radius 1 is 1.36 bits per heavy atom. The second kappa shape index (κ2) is 4.44. The fourth-order valence-corrected chi connectivity index (χ4v) is 1.08. The van der Waals surface area contributed by atoms with Crippen molar-refractivity contribution < 1.29 is 8.96 Å². The molecule has 0 radical (unpaired) electrons. The first kappa shape index (κ1) is 8.65. The number of nitrogens with zero attached hydrogens (tertiary/aromatic N) is 1. The molecule has 0 fully saturated rings. The first-order valence-electron chi connectivity index (χ1n) is 3.53. The summed E-state index contributed by atoms with van der Waals surface area (Å²) < 4.78 is 14.3. The molecule has 1 aromatic heterocycles. The van der Waals surface area contributed by atoms with Crippen molar-refractivity contribution >= 4 is 15.9 Å². The number of pyridine rings is 1. The zero-order valence-corrected chi connectivity index (χ0v) is 7.72. The summed E-state index contributed by atoms with van der Waals surface area (Å²) in [6.07, 6.45) is 4.56. The zero-order valence-electron chi connectivity index (χ0n) is 6.13. The third-order valence-electron chi connectivity index (χ3n) is 1.40. The van der Waals surface area contributed by atoms with Crippen LogP contribution in [0.4, 0.5) is 4.39 Å². The number of hydrogen-bond acceptors (Lipinski definition) is 0. The molecule has 0 aliphatic heterocycles. The van der Waals surface area contributed by atoms with E-state index in [9.17, 15) is 4.39 Å². The van der Waals surface area contributed by atoms with Crippen LogP contribution in [0.3, 0.4) is 0 Å². The standard InChI is InChI=1S/C8H10BrFN/c9-4-1-5-11-6-2-8(10)3-7-11/h2-3,6-7H,1,4-5H2/q+1. The van der Waals surface area contributed by atoms with Crippen LogP contribution < -0.4 is 4.57 Å². The Kier molecular flexibility index (Phi) is 3.49. The molecule has 0 spiro atoms. The number of rotatable bonds is 3. The quantitative estimate of drug-likeness (QED) is 0.540. The van der Waals surface area contributed by atoms with Crippen LogP contribution in [0.2, 0.25) is 0 Å². The van der Waals surface area contributed by atoms with E-state index in [0.29, 0.717) is 0 Å². The van der Waals surface area contributed by atoms with Gasteiger partial charge in [-0.25, -0.2) is 8.96 Å². The molecular weight excluding hydrogens is 209 g/mol. The van der Waals surface area contributed by atoms with E-state index >= 15 is 0 Å². The van der Waals surface area contributed by atoms with E-state index in [1.54, 1.807) is 12.4 Å². The molecule has 3 heteroatoms. The lowest BCUT2D eigenvalue weighted by Gasteiger charge is -1.92. The minimum atomic E-state index is -0.180. The van der Waals surface area contributed by atoms with E-state index in [2.05, 4.69) is 15.9 Å². The van der Waals surface area contributed by atoms with Crippen LogP contribution in [0.25, 0.3) is 0 Å². The Bertz CT molecular complexity index is 210. The van der Waals surface area contributed by atoms with E-state index in [0.717, 1.165) is 18.3 Å². The molecule has 0 N–H and O–H groups in total. The van der Waals surface area contributed by atoms with Crippen LogP contribution in [0.15, 0.2) is 24.5 Å². The smallest absolute Gasteiger partial charge is 0.171 e. The molecule has 0 unspecified atom stereocenters. The summed E-state index contributed by atoms with van der Waals surface area (Å²) in [5.41, 5.74) is 0. The number of alkyl halides is 1. The molecule has 1 nitrogen and oxygen atoms in total. The highest BCUT2D eigenvalue weighted by molar-refractivity contribution is 9.09. The van der Waals surface area contributed by atoms with Crippen molar-refractivity contribution in [3.05, 3.63) is 30.3 Å². The molecule has 0 aliphatic rings. The van der Waals surface area contributed by atoms with Gasteiger partial charge in [0.1, 0.15) is 12.4 Å². The average molecular weight is 219 g/mol. The number of aromatic nitrogens is 1. The van der Waals surface area contributed by atoms with Gasteiger partial charge >= 0.3 is 0 Å². The summed E-state index contributed by atoms with van der Waals surface area (Å²) in [7, 11) is 0. The summed E-state index contributed by atoms with van der Waals surface area (Å²) in [6, 6.07) is 2.93. The summed E-state index contributed by atoms with van der Waals surface area (Å²) in [4.78, 5) is 0. The second-order valence-electron chi connectivity index (χ2n) is 2.30. The lowest BCUT2D eigenvalue weighted by molar-refractivity contribution is -0.697. The zero-order chi connectivity index (χ0) is 8.10. The molecule has 0 saturated heterocycles. The Morgan fingerprint density at radius 3 is 2.55 bits per heavy atom. The van der Waals surface area contributed by atoms with Crippen LogP contribution in [0.1, 0.15) is 6.42 Å². The summed E-state index contributed by atoms with van der Waals surface area (Å²) in [5.74, 6) is -0.180. The molecule has 0 aromatic carbocycles. The van der Waals surface area contributed by atoms with Gasteiger partial charge in [0, 0.05) is 23.9 Å². The van der Waals surface area contributed by atoms with E-state index < -0.39 is 0 Å². The summed E-state index contributed by atoms with van der Waals surface area (Å²) in [5, 5.41) is 0.984. The molecule has 0 atom stereocenters. The topological polar surface area (TPSA) is 3.88 Å². The van der Waals surface area contributed by atoms with Crippen LogP contribution in [0, 0.1) is 5.82 Å². The third-order valence-corrected chi connectivity index (χ3v) is 1.96. The molecule has 60 valence electrons. The molecule has 0 amide bonds. The lowest BCUT2D eigenvalue weighted by atomic mass is 10.4. The monoisotopic (exact) mass is 218 g/mol. The molecule has 1 heterocycles. The van der Waals surface area contributed by atoms with Crippen LogP contribution in [-0.4, -0.2) is 5.33 Å². The Hall–Kier alpha value is -0.440. The Morgan fingerprint density at radius 2 is 2.00 bits per heavy atom. The SMILES string of the molecule is Fc1cc[n+](CCCBr)cc1. The van der Waals surface area contributed by atoms with Gasteiger partial charge in [0.2, 0.25) is 0 Å². The van der Waals surface area contributed by atoms with E-state index in [4.69, 9.17) is 0 Å². The predicted octanol–water partition coefficient (Wildman–Crippen LogP) is 1.90. The highest BCUT2D eigenvalue weighted by Gasteiger charge is 1.98. The van der Waals surface area contributed by atoms with Crippen molar-refractivity contribution in [2.45, 2.75) is 13.0 Å². The fraction of sp³-hybridized carbons (Fsp3) is 0.375. The highest BCUT2D eigenvalue weighted by Crippen LogP contribution is 1.91. The van der Waals surface area contributed by atoms with Crippen molar-refractivity contribution in [1.82, 2.24) is 0 Å². The van der Waals surface area contributed by atoms with Crippen molar-refractivity contribution in [2.24, 2.45) is 0 Å². The van der Waals surface area contributed by atoms with Gasteiger partial charge < -0.3 is 0 Å². The summed E-state index contributed by atoms with van der Waals surface area (Å²) >= 11 is 3.33. The first-order valence-corrected chi connectivity index (χ1v) is 4.65.